The second-order valence-corrected chi connectivity index (χ2v) is 9.45. The second kappa shape index (κ2) is 10.4. The summed E-state index contributed by atoms with van der Waals surface area (Å²) in [6.45, 7) is 5.53. The maximum Gasteiger partial charge on any atom is 0.428 e. The highest BCUT2D eigenvalue weighted by Crippen LogP contribution is 2.44. The van der Waals surface area contributed by atoms with E-state index in [0.29, 0.717) is 6.92 Å². The maximum atomic E-state index is 12.9. The van der Waals surface area contributed by atoms with E-state index in [-0.39, 0.29) is 5.57 Å². The molecule has 0 rings (SSSR count). The third kappa shape index (κ3) is 8.79. The van der Waals surface area contributed by atoms with Gasteiger partial charge in [-0.25, -0.2) is 4.79 Å². The smallest absolute Gasteiger partial charge is 0.428 e. The van der Waals surface area contributed by atoms with Crippen LogP contribution < -0.4 is 0 Å². The lowest BCUT2D eigenvalue weighted by Gasteiger charge is -2.41. The topological polar surface area (TPSA) is 85.2 Å². The summed E-state index contributed by atoms with van der Waals surface area (Å²) in [4.78, 5) is 12.0. The molecule has 208 valence electrons. The number of esters is 1. The Balaban J connectivity index is 5.91. The van der Waals surface area contributed by atoms with Crippen LogP contribution in [0.2, 0.25) is 0 Å². The summed E-state index contributed by atoms with van der Waals surface area (Å²) >= 11 is 0. The van der Waals surface area contributed by atoms with Crippen LogP contribution in [0.1, 0.15) is 48.0 Å². The molecule has 0 aromatic rings. The minimum absolute atomic E-state index is 0.185. The number of hydrogen-bond acceptors (Lipinski definition) is 6. The largest absolute Gasteiger partial charge is 0.456 e. The van der Waals surface area contributed by atoms with Crippen LogP contribution in [0.4, 0.5) is 39.5 Å². The van der Waals surface area contributed by atoms with Crippen LogP contribution in [-0.4, -0.2) is 76.4 Å². The molecule has 6 nitrogen and oxygen atoms in total. The van der Waals surface area contributed by atoms with Gasteiger partial charge in [-0.2, -0.15) is 39.5 Å². The minimum Gasteiger partial charge on any atom is -0.456 e. The fraction of sp³-hybridized carbons (Fsp3) is 0.850. The van der Waals surface area contributed by atoms with Gasteiger partial charge in [-0.05, 0) is 41.5 Å². The Morgan fingerprint density at radius 3 is 1.57 bits per heavy atom. The van der Waals surface area contributed by atoms with Gasteiger partial charge in [-0.3, -0.25) is 0 Å². The molecule has 0 bridgehead atoms. The average Bonchev–Trinajstić information content (AvgIpc) is 2.61. The Morgan fingerprint density at radius 2 is 1.23 bits per heavy atom. The number of rotatable bonds is 11. The highest BCUT2D eigenvalue weighted by atomic mass is 19.4. The lowest BCUT2D eigenvalue weighted by molar-refractivity contribution is -0.382. The van der Waals surface area contributed by atoms with E-state index in [2.05, 4.69) is 6.58 Å². The van der Waals surface area contributed by atoms with Crippen molar-refractivity contribution in [1.29, 1.82) is 0 Å². The summed E-state index contributed by atoms with van der Waals surface area (Å²) in [5.41, 5.74) is -12.6. The van der Waals surface area contributed by atoms with E-state index >= 15 is 0 Å². The molecule has 15 heteroatoms. The van der Waals surface area contributed by atoms with Crippen molar-refractivity contribution in [3.8, 4) is 0 Å². The van der Waals surface area contributed by atoms with Crippen LogP contribution >= 0.6 is 0 Å². The third-order valence-corrected chi connectivity index (χ3v) is 5.00. The van der Waals surface area contributed by atoms with Gasteiger partial charge in [0.2, 0.25) is 0 Å². The Bertz CT molecular complexity index is 738. The van der Waals surface area contributed by atoms with Crippen molar-refractivity contribution in [2.45, 2.75) is 95.0 Å². The number of halogens is 9. The van der Waals surface area contributed by atoms with Crippen molar-refractivity contribution < 1.29 is 68.7 Å². The van der Waals surface area contributed by atoms with E-state index in [9.17, 15) is 54.5 Å². The van der Waals surface area contributed by atoms with E-state index in [0.717, 1.165) is 27.7 Å². The first-order chi connectivity index (χ1) is 15.1. The molecule has 0 aliphatic rings. The van der Waals surface area contributed by atoms with Gasteiger partial charge in [0.05, 0.1) is 24.4 Å². The SMILES string of the molecule is C=C(C)C(=O)OC(CC(C)(C)OCC(O)(C(F)(F)F)C(F)(F)F)C(C)(C)OCC(C)(O)C(F)(F)F. The Morgan fingerprint density at radius 1 is 0.800 bits per heavy atom. The number of ether oxygens (including phenoxy) is 3. The quantitative estimate of drug-likeness (QED) is 0.228. The molecule has 0 amide bonds. The molecule has 0 aliphatic carbocycles. The number of hydrogen-bond donors (Lipinski definition) is 2. The summed E-state index contributed by atoms with van der Waals surface area (Å²) in [5.74, 6) is -1.09. The second-order valence-electron chi connectivity index (χ2n) is 9.45. The first kappa shape index (κ1) is 33.4. The van der Waals surface area contributed by atoms with Gasteiger partial charge in [0.15, 0.2) is 5.60 Å². The lowest BCUT2D eigenvalue weighted by atomic mass is 9.89. The Kier molecular flexibility index (Phi) is 9.95. The molecule has 0 aromatic heterocycles. The van der Waals surface area contributed by atoms with Crippen LogP contribution in [0.15, 0.2) is 12.2 Å². The number of carbonyl (C=O) groups excluding carboxylic acids is 1. The molecule has 0 heterocycles. The average molecular weight is 536 g/mol. The molecule has 0 aromatic carbocycles. The van der Waals surface area contributed by atoms with Crippen LogP contribution in [0.3, 0.4) is 0 Å². The fourth-order valence-electron chi connectivity index (χ4n) is 2.29. The molecule has 0 radical (unpaired) electrons. The van der Waals surface area contributed by atoms with Crippen molar-refractivity contribution >= 4 is 5.97 Å². The van der Waals surface area contributed by atoms with Crippen molar-refractivity contribution in [3.05, 3.63) is 12.2 Å². The summed E-state index contributed by atoms with van der Waals surface area (Å²) in [7, 11) is 0. The van der Waals surface area contributed by atoms with Crippen LogP contribution in [0.5, 0.6) is 0 Å². The van der Waals surface area contributed by atoms with Gasteiger partial charge in [0.1, 0.15) is 6.10 Å². The summed E-state index contributed by atoms with van der Waals surface area (Å²) in [5, 5.41) is 18.9. The molecule has 0 saturated heterocycles. The van der Waals surface area contributed by atoms with E-state index in [1.165, 1.54) is 6.92 Å². The lowest BCUT2D eigenvalue weighted by Crippen LogP contribution is -2.61. The van der Waals surface area contributed by atoms with E-state index in [1.807, 2.05) is 0 Å². The zero-order chi connectivity index (χ0) is 28.5. The van der Waals surface area contributed by atoms with Crippen molar-refractivity contribution in [2.24, 2.45) is 0 Å². The normalized spacial score (nSPS) is 17.1. The predicted octanol–water partition coefficient (Wildman–Crippen LogP) is 4.62. The van der Waals surface area contributed by atoms with E-state index in [1.54, 1.807) is 0 Å². The summed E-state index contributed by atoms with van der Waals surface area (Å²) < 4.78 is 131. The number of aliphatic hydroxyl groups is 2. The molecule has 0 aliphatic heterocycles. The number of alkyl halides is 9. The Labute approximate surface area is 196 Å². The maximum absolute atomic E-state index is 12.9. The van der Waals surface area contributed by atoms with Gasteiger partial charge in [-0.1, -0.05) is 6.58 Å². The van der Waals surface area contributed by atoms with Crippen molar-refractivity contribution in [3.63, 3.8) is 0 Å². The minimum atomic E-state index is -6.15. The predicted molar refractivity (Wildman–Crippen MR) is 103 cm³/mol. The van der Waals surface area contributed by atoms with E-state index < -0.39 is 72.6 Å². The zero-order valence-corrected chi connectivity index (χ0v) is 19.8. The summed E-state index contributed by atoms with van der Waals surface area (Å²) in [6.07, 6.45) is -19.7. The molecule has 2 atom stereocenters. The van der Waals surface area contributed by atoms with Crippen LogP contribution in [0.25, 0.3) is 0 Å². The summed E-state index contributed by atoms with van der Waals surface area (Å²) in [6, 6.07) is 0. The van der Waals surface area contributed by atoms with Crippen LogP contribution in [-0.2, 0) is 19.0 Å². The third-order valence-electron chi connectivity index (χ3n) is 5.00. The highest BCUT2D eigenvalue weighted by molar-refractivity contribution is 5.87. The molecular weight excluding hydrogens is 507 g/mol. The van der Waals surface area contributed by atoms with Crippen molar-refractivity contribution in [2.75, 3.05) is 13.2 Å². The Hall–Kier alpha value is -1.58. The molecule has 0 spiro atoms. The van der Waals surface area contributed by atoms with Crippen molar-refractivity contribution in [1.82, 2.24) is 0 Å². The highest BCUT2D eigenvalue weighted by Gasteiger charge is 2.71. The van der Waals surface area contributed by atoms with Gasteiger partial charge in [-0.15, -0.1) is 0 Å². The monoisotopic (exact) mass is 536 g/mol. The standard InChI is InChI=1S/C20H29F9O6/c1-11(2)13(30)35-12(15(5,6)34-9-16(7,31)18(21,22)23)8-14(3,4)33-10-17(32,19(24,25)26)20(27,28)29/h12,31-32H,1,8-10H2,2-7H3. The molecule has 35 heavy (non-hydrogen) atoms. The number of carbonyl (C=O) groups is 1. The van der Waals surface area contributed by atoms with Gasteiger partial charge >= 0.3 is 24.5 Å². The van der Waals surface area contributed by atoms with Gasteiger partial charge < -0.3 is 24.4 Å². The molecule has 0 saturated carbocycles. The fourth-order valence-corrected chi connectivity index (χ4v) is 2.29. The first-order valence-corrected chi connectivity index (χ1v) is 9.89. The van der Waals surface area contributed by atoms with Gasteiger partial charge in [0, 0.05) is 12.0 Å². The molecule has 0 fully saturated rings. The zero-order valence-electron chi connectivity index (χ0n) is 19.8. The molecule has 2 N–H and O–H groups in total. The molecule has 2 unspecified atom stereocenters. The van der Waals surface area contributed by atoms with E-state index in [4.69, 9.17) is 14.2 Å². The van der Waals surface area contributed by atoms with Crippen LogP contribution in [0, 0.1) is 0 Å². The molecular formula is C20H29F9O6. The first-order valence-electron chi connectivity index (χ1n) is 9.89. The van der Waals surface area contributed by atoms with Gasteiger partial charge in [0.25, 0.3) is 5.60 Å².